The van der Waals surface area contributed by atoms with E-state index in [1.165, 1.54) is 9.80 Å². The summed E-state index contributed by atoms with van der Waals surface area (Å²) < 4.78 is 11.0. The normalized spacial score (nSPS) is 16.6. The molecule has 2 fully saturated rings. The number of amides is 6. The van der Waals surface area contributed by atoms with Crippen LogP contribution in [0.4, 0.5) is 21.0 Å². The molecule has 2 aliphatic heterocycles. The summed E-state index contributed by atoms with van der Waals surface area (Å²) in [4.78, 5) is 90.4. The molecule has 2 saturated heterocycles. The number of nitrogens with zero attached hydrogens (tertiary/aromatic N) is 3. The molecule has 2 aliphatic rings. The number of H-pyrrole nitrogens is 1. The molecular formula is C57H63N7O9. The van der Waals surface area contributed by atoms with Crippen LogP contribution in [0.1, 0.15) is 90.4 Å². The molecule has 0 spiro atoms. The maximum absolute atomic E-state index is 14.4. The van der Waals surface area contributed by atoms with E-state index in [9.17, 15) is 33.9 Å². The lowest BCUT2D eigenvalue weighted by atomic mass is 9.97. The van der Waals surface area contributed by atoms with E-state index in [0.29, 0.717) is 67.0 Å². The van der Waals surface area contributed by atoms with Gasteiger partial charge in [0.15, 0.2) is 0 Å². The molecule has 73 heavy (non-hydrogen) atoms. The van der Waals surface area contributed by atoms with Gasteiger partial charge in [-0.2, -0.15) is 0 Å². The van der Waals surface area contributed by atoms with E-state index in [2.05, 4.69) is 20.9 Å². The van der Waals surface area contributed by atoms with Gasteiger partial charge < -0.3 is 45.3 Å². The molecule has 16 nitrogen and oxygen atoms in total. The second-order valence-electron chi connectivity index (χ2n) is 20.4. The highest BCUT2D eigenvalue weighted by Crippen LogP contribution is 2.41. The van der Waals surface area contributed by atoms with Crippen molar-refractivity contribution in [3.8, 4) is 28.1 Å². The molecule has 5 N–H and O–H groups in total. The van der Waals surface area contributed by atoms with Gasteiger partial charge in [-0.05, 0) is 132 Å². The van der Waals surface area contributed by atoms with Crippen LogP contribution in [-0.4, -0.2) is 104 Å². The Morgan fingerprint density at radius 1 is 0.671 bits per heavy atom. The van der Waals surface area contributed by atoms with Crippen LogP contribution >= 0.6 is 0 Å². The van der Waals surface area contributed by atoms with Crippen molar-refractivity contribution < 1.29 is 43.3 Å². The second kappa shape index (κ2) is 21.3. The summed E-state index contributed by atoms with van der Waals surface area (Å²) in [5, 5.41) is 20.0. The van der Waals surface area contributed by atoms with E-state index in [-0.39, 0.29) is 11.8 Å². The summed E-state index contributed by atoms with van der Waals surface area (Å²) in [6.07, 6.45) is 0.0503. The molecule has 0 bridgehead atoms. The number of alkyl carbamates (subject to hydrolysis) is 1. The van der Waals surface area contributed by atoms with E-state index in [0.717, 1.165) is 38.2 Å². The molecule has 5 aromatic carbocycles. The highest BCUT2D eigenvalue weighted by atomic mass is 16.6. The molecule has 8 rings (SSSR count). The van der Waals surface area contributed by atoms with Crippen LogP contribution in [0.2, 0.25) is 0 Å². The number of hydrogen-bond acceptors (Lipinski definition) is 8. The van der Waals surface area contributed by atoms with Gasteiger partial charge in [0, 0.05) is 46.5 Å². The number of aromatic nitrogens is 1. The van der Waals surface area contributed by atoms with E-state index < -0.39 is 59.3 Å². The molecule has 0 unspecified atom stereocenters. The second-order valence-corrected chi connectivity index (χ2v) is 20.4. The SMILES string of the molecule is COc1ccc(-c2c(-c3ccc(NC(=O)[C@@H]4CCCN4C(=O)[C@@H](c4ccccc4)N(C(=O)O)C(C)(C)C)cc3)[nH]c3ccc(NC(=O)[C@@H]4CCCN4C(=O)[C@H](NC(=O)OC(C)(C)C)c4ccccc4)cc23)cc1. The topological polar surface area (TPSA) is 203 Å². The Kier molecular flexibility index (Phi) is 14.9. The molecule has 0 saturated carbocycles. The van der Waals surface area contributed by atoms with Gasteiger partial charge in [-0.1, -0.05) is 84.9 Å². The number of benzene rings is 5. The van der Waals surface area contributed by atoms with Gasteiger partial charge in [-0.15, -0.1) is 0 Å². The van der Waals surface area contributed by atoms with Gasteiger partial charge >= 0.3 is 12.2 Å². The lowest BCUT2D eigenvalue weighted by Crippen LogP contribution is -2.54. The smallest absolute Gasteiger partial charge is 0.408 e. The number of anilines is 2. The Hall–Kier alpha value is -8.14. The number of nitrogens with one attached hydrogen (secondary N) is 4. The van der Waals surface area contributed by atoms with Gasteiger partial charge in [-0.3, -0.25) is 24.1 Å². The third kappa shape index (κ3) is 11.5. The first-order valence-electron chi connectivity index (χ1n) is 24.6. The van der Waals surface area contributed by atoms with Crippen LogP contribution in [0.15, 0.2) is 127 Å². The first kappa shape index (κ1) is 51.2. The van der Waals surface area contributed by atoms with Crippen LogP contribution in [0.25, 0.3) is 33.3 Å². The lowest BCUT2D eigenvalue weighted by molar-refractivity contribution is -0.142. The Morgan fingerprint density at radius 2 is 1.21 bits per heavy atom. The molecule has 0 radical (unpaired) electrons. The molecule has 16 heteroatoms. The number of carbonyl (C=O) groups is 6. The molecule has 0 aliphatic carbocycles. The van der Waals surface area contributed by atoms with Crippen LogP contribution in [0.5, 0.6) is 5.75 Å². The summed E-state index contributed by atoms with van der Waals surface area (Å²) in [6, 6.07) is 34.4. The van der Waals surface area contributed by atoms with Crippen LogP contribution in [0.3, 0.4) is 0 Å². The lowest BCUT2D eigenvalue weighted by Gasteiger charge is -2.41. The highest BCUT2D eigenvalue weighted by Gasteiger charge is 2.45. The minimum absolute atomic E-state index is 0.305. The number of aromatic amines is 1. The fourth-order valence-corrected chi connectivity index (χ4v) is 9.82. The van der Waals surface area contributed by atoms with Crippen LogP contribution in [0, 0.1) is 0 Å². The average molecular weight is 990 g/mol. The summed E-state index contributed by atoms with van der Waals surface area (Å²) in [7, 11) is 1.60. The zero-order valence-corrected chi connectivity index (χ0v) is 42.2. The van der Waals surface area contributed by atoms with Crippen molar-refractivity contribution in [2.45, 2.75) is 103 Å². The molecule has 4 atom stereocenters. The van der Waals surface area contributed by atoms with Crippen LogP contribution < -0.4 is 20.7 Å². The number of carbonyl (C=O) groups excluding carboxylic acids is 5. The fraction of sp³-hybridized carbons (Fsp3) is 0.333. The van der Waals surface area contributed by atoms with Crippen molar-refractivity contribution in [3.63, 3.8) is 0 Å². The van der Waals surface area contributed by atoms with Crippen molar-refractivity contribution in [2.24, 2.45) is 0 Å². The summed E-state index contributed by atoms with van der Waals surface area (Å²) in [5.41, 5.74) is 4.50. The minimum Gasteiger partial charge on any atom is -0.497 e. The van der Waals surface area contributed by atoms with Gasteiger partial charge in [0.1, 0.15) is 35.5 Å². The van der Waals surface area contributed by atoms with Crippen molar-refractivity contribution >= 4 is 58.1 Å². The average Bonchev–Trinajstić information content (AvgIpc) is 4.14. The van der Waals surface area contributed by atoms with E-state index >= 15 is 0 Å². The maximum Gasteiger partial charge on any atom is 0.408 e. The van der Waals surface area contributed by atoms with Gasteiger partial charge in [0.2, 0.25) is 11.8 Å². The zero-order chi connectivity index (χ0) is 52.2. The molecular weight excluding hydrogens is 927 g/mol. The Bertz CT molecular complexity index is 2980. The van der Waals surface area contributed by atoms with E-state index in [1.54, 1.807) is 121 Å². The predicted octanol–water partition coefficient (Wildman–Crippen LogP) is 10.2. The highest BCUT2D eigenvalue weighted by molar-refractivity contribution is 6.07. The number of carboxylic acid groups (broad SMARTS) is 1. The number of likely N-dealkylation sites (tertiary alicyclic amines) is 2. The van der Waals surface area contributed by atoms with Crippen molar-refractivity contribution in [1.82, 2.24) is 25.0 Å². The first-order chi connectivity index (χ1) is 34.8. The quantitative estimate of drug-likeness (QED) is 0.0746. The first-order valence-corrected chi connectivity index (χ1v) is 24.6. The van der Waals surface area contributed by atoms with E-state index in [1.807, 2.05) is 54.6 Å². The molecule has 6 amide bonds. The third-order valence-electron chi connectivity index (χ3n) is 13.1. The Balaban J connectivity index is 1.03. The number of ether oxygens (including phenoxy) is 2. The predicted molar refractivity (Wildman–Crippen MR) is 280 cm³/mol. The van der Waals surface area contributed by atoms with Gasteiger partial charge in [0.25, 0.3) is 11.8 Å². The molecule has 380 valence electrons. The number of rotatable bonds is 13. The number of hydrogen-bond donors (Lipinski definition) is 5. The van der Waals surface area contributed by atoms with Gasteiger partial charge in [-0.25, -0.2) is 9.59 Å². The van der Waals surface area contributed by atoms with Crippen molar-refractivity contribution in [2.75, 3.05) is 30.8 Å². The van der Waals surface area contributed by atoms with Crippen LogP contribution in [-0.2, 0) is 23.9 Å². The largest absolute Gasteiger partial charge is 0.497 e. The number of methoxy groups -OCH3 is 1. The fourth-order valence-electron chi connectivity index (χ4n) is 9.82. The zero-order valence-electron chi connectivity index (χ0n) is 42.2. The third-order valence-corrected chi connectivity index (χ3v) is 13.1. The standard InChI is InChI=1S/C57H63N7O9/c1-56(2,3)64(55(70)71)49(38-18-12-9-13-19-38)53(68)63-33-15-21-45(63)50(65)58-39-26-22-37(23-27-39)47-46(35-24-29-41(72-7)30-25-35)42-34-40(28-31-43(42)60-47)59-51(66)44-20-14-32-62(44)52(67)48(36-16-10-8-11-17-36)61-54(69)73-57(4,5)6/h8-13,16-19,22-31,34,44-45,48-49,60H,14-15,20-21,32-33H2,1-7H3,(H,58,65)(H,59,66)(H,61,69)(H,70,71)/t44-,45-,48+,49+/m0/s1. The maximum atomic E-state index is 14.4. The monoisotopic (exact) mass is 989 g/mol. The Morgan fingerprint density at radius 3 is 1.75 bits per heavy atom. The Labute approximate surface area is 425 Å². The van der Waals surface area contributed by atoms with E-state index in [4.69, 9.17) is 9.47 Å². The number of fused-ring (bicyclic) bond motifs is 1. The summed E-state index contributed by atoms with van der Waals surface area (Å²) in [6.45, 7) is 11.1. The molecule has 6 aromatic rings. The van der Waals surface area contributed by atoms with Gasteiger partial charge in [0.05, 0.1) is 12.8 Å². The summed E-state index contributed by atoms with van der Waals surface area (Å²) >= 11 is 0. The van der Waals surface area contributed by atoms with Crippen molar-refractivity contribution in [3.05, 3.63) is 139 Å². The van der Waals surface area contributed by atoms with Crippen molar-refractivity contribution in [1.29, 1.82) is 0 Å². The summed E-state index contributed by atoms with van der Waals surface area (Å²) in [5.74, 6) is -0.929. The molecule has 3 heterocycles. The minimum atomic E-state index is -1.24. The molecule has 1 aromatic heterocycles.